The summed E-state index contributed by atoms with van der Waals surface area (Å²) < 4.78 is 12.4. The number of benzene rings is 1. The lowest BCUT2D eigenvalue weighted by Crippen LogP contribution is -2.23. The van der Waals surface area contributed by atoms with E-state index >= 15 is 0 Å². The van der Waals surface area contributed by atoms with Gasteiger partial charge in [0.05, 0.1) is 21.7 Å². The zero-order chi connectivity index (χ0) is 18.4. The van der Waals surface area contributed by atoms with Crippen LogP contribution >= 0.6 is 34.4 Å². The standard InChI is InChI=1S/C17H19IN2O4S/c1-4-6-24-15-12(18)7-11(8-13(15)23-5-2)9-14-16(22)20-17(25-14)19-10(3)21/h7-9H,4-6H2,1-3H3,(H,19,20,21,22). The Balaban J connectivity index is 2.28. The normalized spacial score (nSPS) is 15.3. The van der Waals surface area contributed by atoms with Crippen LogP contribution in [0, 0.1) is 3.57 Å². The Morgan fingerprint density at radius 2 is 2.12 bits per heavy atom. The van der Waals surface area contributed by atoms with Gasteiger partial charge in [0.15, 0.2) is 16.7 Å². The Bertz CT molecular complexity index is 746. The van der Waals surface area contributed by atoms with E-state index in [2.05, 4.69) is 32.9 Å². The third-order valence-corrected chi connectivity index (χ3v) is 4.68. The van der Waals surface area contributed by atoms with Crippen molar-refractivity contribution < 1.29 is 19.1 Å². The van der Waals surface area contributed by atoms with Crippen LogP contribution in [-0.2, 0) is 9.59 Å². The minimum absolute atomic E-state index is 0.258. The maximum absolute atomic E-state index is 12.0. The van der Waals surface area contributed by atoms with E-state index in [9.17, 15) is 9.59 Å². The number of carbonyl (C=O) groups is 2. The molecule has 0 bridgehead atoms. The van der Waals surface area contributed by atoms with Crippen molar-refractivity contribution in [3.8, 4) is 11.5 Å². The molecule has 1 aliphatic heterocycles. The van der Waals surface area contributed by atoms with Crippen LogP contribution in [-0.4, -0.2) is 30.2 Å². The quantitative estimate of drug-likeness (QED) is 0.504. The minimum Gasteiger partial charge on any atom is -0.490 e. The van der Waals surface area contributed by atoms with Crippen molar-refractivity contribution in [1.82, 2.24) is 5.32 Å². The number of aliphatic imine (C=N–C) groups is 1. The highest BCUT2D eigenvalue weighted by atomic mass is 127. The number of nitrogens with one attached hydrogen (secondary N) is 1. The average molecular weight is 474 g/mol. The molecule has 2 amide bonds. The lowest BCUT2D eigenvalue weighted by Gasteiger charge is -2.14. The average Bonchev–Trinajstić information content (AvgIpc) is 2.85. The molecule has 1 aliphatic rings. The van der Waals surface area contributed by atoms with E-state index in [1.807, 2.05) is 26.0 Å². The number of hydrogen-bond donors (Lipinski definition) is 1. The van der Waals surface area contributed by atoms with Gasteiger partial charge in [0, 0.05) is 6.92 Å². The van der Waals surface area contributed by atoms with Crippen LogP contribution in [0.3, 0.4) is 0 Å². The molecular weight excluding hydrogens is 455 g/mol. The van der Waals surface area contributed by atoms with Crippen LogP contribution in [0.1, 0.15) is 32.8 Å². The number of thioether (sulfide) groups is 1. The molecule has 8 heteroatoms. The van der Waals surface area contributed by atoms with Crippen LogP contribution < -0.4 is 14.8 Å². The highest BCUT2D eigenvalue weighted by Crippen LogP contribution is 2.36. The summed E-state index contributed by atoms with van der Waals surface area (Å²) >= 11 is 3.33. The molecule has 0 aliphatic carbocycles. The Hall–Kier alpha value is -1.55. The third kappa shape index (κ3) is 5.46. The Morgan fingerprint density at radius 1 is 1.36 bits per heavy atom. The van der Waals surface area contributed by atoms with Gasteiger partial charge < -0.3 is 14.8 Å². The lowest BCUT2D eigenvalue weighted by atomic mass is 10.2. The van der Waals surface area contributed by atoms with Gasteiger partial charge in [-0.15, -0.1) is 0 Å². The number of nitrogens with zero attached hydrogens (tertiary/aromatic N) is 1. The summed E-state index contributed by atoms with van der Waals surface area (Å²) in [5.41, 5.74) is 0.812. The molecule has 0 saturated heterocycles. The predicted molar refractivity (Wildman–Crippen MR) is 108 cm³/mol. The number of carbonyl (C=O) groups excluding carboxylic acids is 2. The number of rotatable bonds is 6. The van der Waals surface area contributed by atoms with E-state index in [4.69, 9.17) is 9.47 Å². The lowest BCUT2D eigenvalue weighted by molar-refractivity contribution is -0.117. The first-order chi connectivity index (χ1) is 11.9. The number of ether oxygens (including phenoxy) is 2. The highest BCUT2D eigenvalue weighted by molar-refractivity contribution is 14.1. The van der Waals surface area contributed by atoms with Gasteiger partial charge in [-0.05, 0) is 71.5 Å². The topological polar surface area (TPSA) is 77.0 Å². The first-order valence-corrected chi connectivity index (χ1v) is 9.73. The van der Waals surface area contributed by atoms with E-state index in [1.54, 1.807) is 6.08 Å². The van der Waals surface area contributed by atoms with E-state index in [0.717, 1.165) is 27.3 Å². The first-order valence-electron chi connectivity index (χ1n) is 7.83. The van der Waals surface area contributed by atoms with Crippen molar-refractivity contribution in [2.75, 3.05) is 13.2 Å². The van der Waals surface area contributed by atoms with Gasteiger partial charge >= 0.3 is 0 Å². The number of halogens is 1. The smallest absolute Gasteiger partial charge is 0.286 e. The molecule has 2 rings (SSSR count). The van der Waals surface area contributed by atoms with E-state index in [0.29, 0.717) is 34.8 Å². The predicted octanol–water partition coefficient (Wildman–Crippen LogP) is 3.59. The Kier molecular flexibility index (Phi) is 7.30. The summed E-state index contributed by atoms with van der Waals surface area (Å²) in [7, 11) is 0. The molecule has 1 heterocycles. The summed E-state index contributed by atoms with van der Waals surface area (Å²) in [4.78, 5) is 27.4. The fourth-order valence-electron chi connectivity index (χ4n) is 2.04. The van der Waals surface area contributed by atoms with Gasteiger partial charge in [0.2, 0.25) is 5.91 Å². The van der Waals surface area contributed by atoms with Crippen molar-refractivity contribution in [2.24, 2.45) is 4.99 Å². The van der Waals surface area contributed by atoms with Gasteiger partial charge in [-0.1, -0.05) is 6.92 Å². The molecule has 1 aromatic carbocycles. The molecule has 6 nitrogen and oxygen atoms in total. The van der Waals surface area contributed by atoms with Gasteiger partial charge in [-0.25, -0.2) is 0 Å². The third-order valence-electron chi connectivity index (χ3n) is 2.98. The van der Waals surface area contributed by atoms with Crippen LogP contribution in [0.4, 0.5) is 0 Å². The van der Waals surface area contributed by atoms with Crippen molar-refractivity contribution in [3.63, 3.8) is 0 Å². The highest BCUT2D eigenvalue weighted by Gasteiger charge is 2.23. The summed E-state index contributed by atoms with van der Waals surface area (Å²) in [6, 6.07) is 3.76. The number of hydrogen-bond acceptors (Lipinski definition) is 5. The number of amides is 2. The van der Waals surface area contributed by atoms with Gasteiger partial charge in [-0.2, -0.15) is 4.99 Å². The second kappa shape index (κ2) is 9.23. The largest absolute Gasteiger partial charge is 0.490 e. The summed E-state index contributed by atoms with van der Waals surface area (Å²) in [5, 5.41) is 2.83. The number of amidine groups is 1. The molecule has 0 aromatic heterocycles. The van der Waals surface area contributed by atoms with Crippen LogP contribution in [0.2, 0.25) is 0 Å². The Labute approximate surface area is 164 Å². The first kappa shape index (κ1) is 19.8. The molecule has 1 N–H and O–H groups in total. The maximum Gasteiger partial charge on any atom is 0.286 e. The summed E-state index contributed by atoms with van der Waals surface area (Å²) in [6.45, 7) is 6.45. The van der Waals surface area contributed by atoms with Crippen LogP contribution in [0.25, 0.3) is 6.08 Å². The molecule has 0 saturated carbocycles. The zero-order valence-corrected chi connectivity index (χ0v) is 17.2. The van der Waals surface area contributed by atoms with Crippen molar-refractivity contribution in [3.05, 3.63) is 26.2 Å². The van der Waals surface area contributed by atoms with Crippen molar-refractivity contribution >= 4 is 57.4 Å². The summed E-state index contributed by atoms with van der Waals surface area (Å²) in [6.07, 6.45) is 2.64. The molecule has 0 fully saturated rings. The summed E-state index contributed by atoms with van der Waals surface area (Å²) in [5.74, 6) is 0.735. The van der Waals surface area contributed by atoms with Crippen molar-refractivity contribution in [1.29, 1.82) is 0 Å². The SMILES string of the molecule is CCCOc1c(I)cc(C=C2SC(NC(C)=O)=NC2=O)cc1OCC. The molecule has 0 radical (unpaired) electrons. The fourth-order valence-corrected chi connectivity index (χ4v) is 3.68. The molecule has 0 atom stereocenters. The molecule has 25 heavy (non-hydrogen) atoms. The maximum atomic E-state index is 12.0. The second-order valence-electron chi connectivity index (χ2n) is 5.13. The molecule has 134 valence electrons. The monoisotopic (exact) mass is 474 g/mol. The Morgan fingerprint density at radius 3 is 2.76 bits per heavy atom. The molecule has 0 unspecified atom stereocenters. The zero-order valence-electron chi connectivity index (χ0n) is 14.2. The van der Waals surface area contributed by atoms with E-state index < -0.39 is 0 Å². The molecule has 1 aromatic rings. The van der Waals surface area contributed by atoms with Gasteiger partial charge in [0.1, 0.15) is 0 Å². The second-order valence-corrected chi connectivity index (χ2v) is 7.32. The van der Waals surface area contributed by atoms with E-state index in [1.165, 1.54) is 6.92 Å². The molecular formula is C17H19IN2O4S. The van der Waals surface area contributed by atoms with Crippen LogP contribution in [0.5, 0.6) is 11.5 Å². The fraction of sp³-hybridized carbons (Fsp3) is 0.353. The van der Waals surface area contributed by atoms with Crippen LogP contribution in [0.15, 0.2) is 22.0 Å². The van der Waals surface area contributed by atoms with Crippen molar-refractivity contribution in [2.45, 2.75) is 27.2 Å². The van der Waals surface area contributed by atoms with E-state index in [-0.39, 0.29) is 11.8 Å². The van der Waals surface area contributed by atoms with Gasteiger partial charge in [-0.3, -0.25) is 9.59 Å². The minimum atomic E-state index is -0.368. The molecule has 0 spiro atoms. The van der Waals surface area contributed by atoms with Gasteiger partial charge in [0.25, 0.3) is 5.91 Å².